The number of anilines is 1. The number of fused-ring (bicyclic) bond motifs is 1. The average molecular weight is 378 g/mol. The second-order valence-electron chi connectivity index (χ2n) is 5.43. The summed E-state index contributed by atoms with van der Waals surface area (Å²) in [5.74, 6) is 1.28. The van der Waals surface area contributed by atoms with Crippen molar-refractivity contribution in [1.82, 2.24) is 15.6 Å². The molecule has 2 aromatic rings. The van der Waals surface area contributed by atoms with E-state index in [1.165, 1.54) is 6.20 Å². The molecule has 1 aromatic carbocycles. The molecule has 0 spiro atoms. The molecule has 0 atom stereocenters. The molecule has 0 unspecified atom stereocenters. The molecule has 0 saturated heterocycles. The van der Waals surface area contributed by atoms with Crippen molar-refractivity contribution in [2.24, 2.45) is 0 Å². The molecule has 138 valence electrons. The van der Waals surface area contributed by atoms with Crippen LogP contribution in [-0.4, -0.2) is 38.5 Å². The van der Waals surface area contributed by atoms with Gasteiger partial charge in [-0.15, -0.1) is 0 Å². The van der Waals surface area contributed by atoms with Crippen LogP contribution in [0.15, 0.2) is 42.6 Å². The molecule has 3 N–H and O–H groups in total. The highest BCUT2D eigenvalue weighted by Crippen LogP contribution is 2.32. The first-order valence-corrected chi connectivity index (χ1v) is 9.49. The van der Waals surface area contributed by atoms with Crippen molar-refractivity contribution >= 4 is 21.9 Å². The number of nitrogens with zero attached hydrogens (tertiary/aromatic N) is 1. The zero-order valence-electron chi connectivity index (χ0n) is 13.8. The molecule has 2 amide bonds. The Balaban J connectivity index is 1.40. The minimum atomic E-state index is -3.59. The molecule has 26 heavy (non-hydrogen) atoms. The number of rotatable bonds is 7. The van der Waals surface area contributed by atoms with E-state index in [0.717, 1.165) is 5.56 Å². The van der Waals surface area contributed by atoms with Gasteiger partial charge in [-0.25, -0.2) is 18.2 Å². The van der Waals surface area contributed by atoms with Gasteiger partial charge in [-0.05, 0) is 29.8 Å². The molecule has 0 fully saturated rings. The molecular weight excluding hydrogens is 360 g/mol. The van der Waals surface area contributed by atoms with Gasteiger partial charge in [0.15, 0.2) is 11.5 Å². The number of carbonyl (C=O) groups is 1. The Hall–Kier alpha value is -3.01. The van der Waals surface area contributed by atoms with E-state index in [1.54, 1.807) is 30.3 Å². The van der Waals surface area contributed by atoms with E-state index in [2.05, 4.69) is 20.3 Å². The van der Waals surface area contributed by atoms with Crippen LogP contribution in [0, 0.1) is 0 Å². The Morgan fingerprint density at radius 2 is 1.96 bits per heavy atom. The zero-order chi connectivity index (χ0) is 18.4. The van der Waals surface area contributed by atoms with Gasteiger partial charge in [-0.3, -0.25) is 4.72 Å². The molecule has 1 aromatic heterocycles. The molecule has 0 saturated carbocycles. The normalized spacial score (nSPS) is 12.5. The van der Waals surface area contributed by atoms with Gasteiger partial charge in [-0.1, -0.05) is 12.1 Å². The first-order valence-electron chi connectivity index (χ1n) is 7.84. The van der Waals surface area contributed by atoms with Gasteiger partial charge in [0.05, 0.1) is 5.75 Å². The number of amides is 2. The van der Waals surface area contributed by atoms with Gasteiger partial charge in [0.2, 0.25) is 16.8 Å². The maximum Gasteiger partial charge on any atom is 0.315 e. The lowest BCUT2D eigenvalue weighted by molar-refractivity contribution is 0.174. The number of benzene rings is 1. The lowest BCUT2D eigenvalue weighted by Crippen LogP contribution is -2.38. The quantitative estimate of drug-likeness (QED) is 0.663. The third-order valence-electron chi connectivity index (χ3n) is 3.47. The minimum Gasteiger partial charge on any atom is -0.454 e. The van der Waals surface area contributed by atoms with Crippen molar-refractivity contribution < 1.29 is 22.7 Å². The molecule has 0 aliphatic carbocycles. The van der Waals surface area contributed by atoms with E-state index >= 15 is 0 Å². The number of aromatic nitrogens is 1. The summed E-state index contributed by atoms with van der Waals surface area (Å²) in [6.07, 6.45) is 1.49. The number of urea groups is 1. The van der Waals surface area contributed by atoms with Crippen LogP contribution in [-0.2, 0) is 16.6 Å². The highest BCUT2D eigenvalue weighted by Gasteiger charge is 2.14. The van der Waals surface area contributed by atoms with E-state index in [-0.39, 0.29) is 31.5 Å². The van der Waals surface area contributed by atoms with Crippen molar-refractivity contribution in [3.8, 4) is 11.5 Å². The summed E-state index contributed by atoms with van der Waals surface area (Å²) in [4.78, 5) is 15.7. The maximum absolute atomic E-state index is 11.9. The van der Waals surface area contributed by atoms with E-state index in [9.17, 15) is 13.2 Å². The fourth-order valence-corrected chi connectivity index (χ4v) is 3.14. The summed E-state index contributed by atoms with van der Waals surface area (Å²) in [7, 11) is -3.59. The number of sulfonamides is 1. The summed E-state index contributed by atoms with van der Waals surface area (Å²) in [5, 5.41) is 5.15. The molecule has 0 radical (unpaired) electrons. The molecule has 3 rings (SSSR count). The van der Waals surface area contributed by atoms with Crippen molar-refractivity contribution in [1.29, 1.82) is 0 Å². The van der Waals surface area contributed by atoms with Crippen molar-refractivity contribution in [3.05, 3.63) is 48.2 Å². The van der Waals surface area contributed by atoms with Gasteiger partial charge in [0.1, 0.15) is 5.82 Å². The highest BCUT2D eigenvalue weighted by molar-refractivity contribution is 7.92. The predicted octanol–water partition coefficient (Wildman–Crippen LogP) is 1.05. The van der Waals surface area contributed by atoms with Crippen molar-refractivity contribution in [2.75, 3.05) is 23.8 Å². The van der Waals surface area contributed by atoms with Crippen LogP contribution in [0.4, 0.5) is 10.6 Å². The Bertz CT molecular complexity index is 873. The summed E-state index contributed by atoms with van der Waals surface area (Å²) in [6, 6.07) is 9.81. The Kier molecular flexibility index (Phi) is 5.42. The Labute approximate surface area is 150 Å². The molecule has 1 aliphatic rings. The lowest BCUT2D eigenvalue weighted by atomic mass is 10.2. The van der Waals surface area contributed by atoms with Gasteiger partial charge < -0.3 is 20.1 Å². The standard InChI is InChI=1S/C16H18N4O5S/c21-16(19-10-12-4-5-13-14(9-12)25-11-24-13)18-7-8-26(22,23)20-15-3-1-2-6-17-15/h1-6,9H,7-8,10-11H2,(H,17,20)(H2,18,19,21). The zero-order valence-corrected chi connectivity index (χ0v) is 14.6. The van der Waals surface area contributed by atoms with Crippen LogP contribution in [0.25, 0.3) is 0 Å². The monoisotopic (exact) mass is 378 g/mol. The second-order valence-corrected chi connectivity index (χ2v) is 7.27. The largest absolute Gasteiger partial charge is 0.454 e. The molecule has 1 aliphatic heterocycles. The van der Waals surface area contributed by atoms with Crippen molar-refractivity contribution in [3.63, 3.8) is 0 Å². The van der Waals surface area contributed by atoms with Crippen molar-refractivity contribution in [2.45, 2.75) is 6.54 Å². The number of hydrogen-bond donors (Lipinski definition) is 3. The predicted molar refractivity (Wildman–Crippen MR) is 94.4 cm³/mol. The van der Waals surface area contributed by atoms with Gasteiger partial charge in [0, 0.05) is 19.3 Å². The number of nitrogens with one attached hydrogen (secondary N) is 3. The molecule has 2 heterocycles. The van der Waals surface area contributed by atoms with Gasteiger partial charge in [-0.2, -0.15) is 0 Å². The number of hydrogen-bond acceptors (Lipinski definition) is 6. The fourth-order valence-electron chi connectivity index (χ4n) is 2.23. The van der Waals surface area contributed by atoms with E-state index in [1.807, 2.05) is 6.07 Å². The van der Waals surface area contributed by atoms with Crippen LogP contribution >= 0.6 is 0 Å². The van der Waals surface area contributed by atoms with Gasteiger partial charge >= 0.3 is 6.03 Å². The van der Waals surface area contributed by atoms with Crippen LogP contribution < -0.4 is 24.8 Å². The van der Waals surface area contributed by atoms with Crippen LogP contribution in [0.1, 0.15) is 5.56 Å². The van der Waals surface area contributed by atoms with Crippen LogP contribution in [0.5, 0.6) is 11.5 Å². The molecular formula is C16H18N4O5S. The number of carbonyl (C=O) groups excluding carboxylic acids is 1. The lowest BCUT2D eigenvalue weighted by Gasteiger charge is -2.09. The van der Waals surface area contributed by atoms with E-state index < -0.39 is 16.1 Å². The molecule has 9 nitrogen and oxygen atoms in total. The SMILES string of the molecule is O=C(NCCS(=O)(=O)Nc1ccccn1)NCc1ccc2c(c1)OCO2. The summed E-state index contributed by atoms with van der Waals surface area (Å²) < 4.78 is 36.7. The van der Waals surface area contributed by atoms with Crippen LogP contribution in [0.2, 0.25) is 0 Å². The fraction of sp³-hybridized carbons (Fsp3) is 0.250. The van der Waals surface area contributed by atoms with Crippen LogP contribution in [0.3, 0.4) is 0 Å². The van der Waals surface area contributed by atoms with Gasteiger partial charge in [0.25, 0.3) is 0 Å². The maximum atomic E-state index is 11.9. The first kappa shape index (κ1) is 17.8. The Morgan fingerprint density at radius 3 is 2.77 bits per heavy atom. The topological polar surface area (TPSA) is 119 Å². The highest BCUT2D eigenvalue weighted by atomic mass is 32.2. The molecule has 10 heteroatoms. The Morgan fingerprint density at radius 1 is 1.12 bits per heavy atom. The third-order valence-corrected chi connectivity index (χ3v) is 4.73. The smallest absolute Gasteiger partial charge is 0.315 e. The summed E-state index contributed by atoms with van der Waals surface area (Å²) in [5.41, 5.74) is 0.842. The second kappa shape index (κ2) is 7.91. The summed E-state index contributed by atoms with van der Waals surface area (Å²) >= 11 is 0. The third kappa shape index (κ3) is 4.99. The number of ether oxygens (including phenoxy) is 2. The average Bonchev–Trinajstić information content (AvgIpc) is 3.08. The summed E-state index contributed by atoms with van der Waals surface area (Å²) in [6.45, 7) is 0.435. The molecule has 0 bridgehead atoms. The minimum absolute atomic E-state index is 0.0326. The first-order chi connectivity index (χ1) is 12.5. The van der Waals surface area contributed by atoms with E-state index in [0.29, 0.717) is 11.5 Å². The van der Waals surface area contributed by atoms with E-state index in [4.69, 9.17) is 9.47 Å². The number of pyridine rings is 1.